The van der Waals surface area contributed by atoms with Crippen molar-refractivity contribution in [3.8, 4) is 5.75 Å². The Morgan fingerprint density at radius 3 is 2.35 bits per heavy atom. The van der Waals surface area contributed by atoms with Crippen LogP contribution in [0, 0.1) is 13.8 Å². The third-order valence-corrected chi connectivity index (χ3v) is 3.21. The molecule has 0 saturated heterocycles. The zero-order valence-corrected chi connectivity index (χ0v) is 13.1. The largest absolute Gasteiger partial charge is 0.490 e. The van der Waals surface area contributed by atoms with E-state index in [1.165, 1.54) is 0 Å². The summed E-state index contributed by atoms with van der Waals surface area (Å²) < 4.78 is 11.0. The van der Waals surface area contributed by atoms with Gasteiger partial charge < -0.3 is 9.47 Å². The molecule has 1 aromatic rings. The molecule has 0 aromatic heterocycles. The van der Waals surface area contributed by atoms with E-state index < -0.39 is 5.54 Å². The number of esters is 1. The van der Waals surface area contributed by atoms with Crippen LogP contribution in [0.15, 0.2) is 18.2 Å². The van der Waals surface area contributed by atoms with Gasteiger partial charge in [0.25, 0.3) is 0 Å². The monoisotopic (exact) mass is 279 g/mol. The molecule has 1 unspecified atom stereocenters. The Labute approximate surface area is 121 Å². The summed E-state index contributed by atoms with van der Waals surface area (Å²) >= 11 is 0. The van der Waals surface area contributed by atoms with E-state index in [0.29, 0.717) is 13.2 Å². The molecule has 1 atom stereocenters. The Morgan fingerprint density at radius 1 is 1.25 bits per heavy atom. The number of nitrogens with one attached hydrogen (secondary N) is 1. The van der Waals surface area contributed by atoms with Gasteiger partial charge in [-0.05, 0) is 45.4 Å². The lowest BCUT2D eigenvalue weighted by Crippen LogP contribution is -2.54. The highest BCUT2D eigenvalue weighted by Gasteiger charge is 2.35. The fraction of sp³-hybridized carbons (Fsp3) is 0.562. The zero-order valence-electron chi connectivity index (χ0n) is 13.1. The number of benzene rings is 1. The lowest BCUT2D eigenvalue weighted by atomic mass is 10.0. The first-order chi connectivity index (χ1) is 9.44. The molecule has 0 amide bonds. The van der Waals surface area contributed by atoms with Crippen molar-refractivity contribution in [2.45, 2.75) is 40.2 Å². The topological polar surface area (TPSA) is 47.6 Å². The van der Waals surface area contributed by atoms with Crippen molar-refractivity contribution < 1.29 is 14.3 Å². The van der Waals surface area contributed by atoms with E-state index in [-0.39, 0.29) is 12.6 Å². The van der Waals surface area contributed by atoms with E-state index in [1.54, 1.807) is 6.92 Å². The fourth-order valence-electron chi connectivity index (χ4n) is 2.11. The summed E-state index contributed by atoms with van der Waals surface area (Å²) in [6.07, 6.45) is 0. The van der Waals surface area contributed by atoms with Crippen LogP contribution >= 0.6 is 0 Å². The standard InChI is InChI=1S/C16H25NO3/c1-6-17-16(5,15(18)19-7-2)11-20-14-12(3)9-8-10-13(14)4/h8-10,17H,6-7,11H2,1-5H3. The molecule has 0 radical (unpaired) electrons. The molecule has 112 valence electrons. The van der Waals surface area contributed by atoms with Crippen LogP contribution in [0.3, 0.4) is 0 Å². The Bertz CT molecular complexity index is 439. The van der Waals surface area contributed by atoms with Crippen LogP contribution < -0.4 is 10.1 Å². The molecule has 0 aliphatic heterocycles. The predicted molar refractivity (Wildman–Crippen MR) is 80.1 cm³/mol. The molecule has 0 saturated carbocycles. The smallest absolute Gasteiger partial charge is 0.329 e. The first-order valence-electron chi connectivity index (χ1n) is 7.06. The van der Waals surface area contributed by atoms with E-state index in [2.05, 4.69) is 5.32 Å². The lowest BCUT2D eigenvalue weighted by Gasteiger charge is -2.28. The normalized spacial score (nSPS) is 13.7. The van der Waals surface area contributed by atoms with Crippen molar-refractivity contribution in [1.29, 1.82) is 0 Å². The maximum absolute atomic E-state index is 12.1. The summed E-state index contributed by atoms with van der Waals surface area (Å²) in [7, 11) is 0. The van der Waals surface area contributed by atoms with Crippen molar-refractivity contribution in [1.82, 2.24) is 5.32 Å². The van der Waals surface area contributed by atoms with Crippen LogP contribution in [0.25, 0.3) is 0 Å². The van der Waals surface area contributed by atoms with Gasteiger partial charge in [0.05, 0.1) is 6.61 Å². The number of likely N-dealkylation sites (N-methyl/N-ethyl adjacent to an activating group) is 1. The summed E-state index contributed by atoms with van der Waals surface area (Å²) in [6, 6.07) is 5.99. The van der Waals surface area contributed by atoms with Crippen molar-refractivity contribution in [2.24, 2.45) is 0 Å². The minimum Gasteiger partial charge on any atom is -0.490 e. The molecule has 20 heavy (non-hydrogen) atoms. The maximum Gasteiger partial charge on any atom is 0.329 e. The van der Waals surface area contributed by atoms with Gasteiger partial charge in [-0.15, -0.1) is 0 Å². The SMILES string of the molecule is CCNC(C)(COc1c(C)cccc1C)C(=O)OCC. The van der Waals surface area contributed by atoms with Crippen LogP contribution in [0.5, 0.6) is 5.75 Å². The summed E-state index contributed by atoms with van der Waals surface area (Å²) in [5, 5.41) is 3.15. The molecule has 0 aliphatic rings. The van der Waals surface area contributed by atoms with E-state index in [9.17, 15) is 4.79 Å². The predicted octanol–water partition coefficient (Wildman–Crippen LogP) is 2.61. The Hall–Kier alpha value is -1.55. The van der Waals surface area contributed by atoms with E-state index in [0.717, 1.165) is 16.9 Å². The number of hydrogen-bond donors (Lipinski definition) is 1. The van der Waals surface area contributed by atoms with Crippen molar-refractivity contribution in [2.75, 3.05) is 19.8 Å². The van der Waals surface area contributed by atoms with Crippen molar-refractivity contribution >= 4 is 5.97 Å². The molecule has 0 aliphatic carbocycles. The minimum absolute atomic E-state index is 0.241. The number of ether oxygens (including phenoxy) is 2. The first kappa shape index (κ1) is 16.5. The van der Waals surface area contributed by atoms with E-state index in [1.807, 2.05) is 45.9 Å². The fourth-order valence-corrected chi connectivity index (χ4v) is 2.11. The van der Waals surface area contributed by atoms with Gasteiger partial charge in [0, 0.05) is 0 Å². The second-order valence-electron chi connectivity index (χ2n) is 5.09. The number of aryl methyl sites for hydroxylation is 2. The number of hydrogen-bond acceptors (Lipinski definition) is 4. The van der Waals surface area contributed by atoms with Gasteiger partial charge in [0.15, 0.2) is 0 Å². The van der Waals surface area contributed by atoms with Gasteiger partial charge in [0.1, 0.15) is 17.9 Å². The lowest BCUT2D eigenvalue weighted by molar-refractivity contribution is -0.151. The second-order valence-corrected chi connectivity index (χ2v) is 5.09. The van der Waals surface area contributed by atoms with E-state index in [4.69, 9.17) is 9.47 Å². The Kier molecular flexibility index (Phi) is 6.02. The van der Waals surface area contributed by atoms with Crippen LogP contribution in [-0.4, -0.2) is 31.3 Å². The Balaban J connectivity index is 2.84. The zero-order chi connectivity index (χ0) is 15.2. The van der Waals surface area contributed by atoms with Crippen LogP contribution in [0.2, 0.25) is 0 Å². The number of carbonyl (C=O) groups is 1. The van der Waals surface area contributed by atoms with E-state index >= 15 is 0 Å². The van der Waals surface area contributed by atoms with Crippen molar-refractivity contribution in [3.63, 3.8) is 0 Å². The number of para-hydroxylation sites is 1. The number of rotatable bonds is 7. The molecule has 0 fully saturated rings. The van der Waals surface area contributed by atoms with Crippen LogP contribution in [-0.2, 0) is 9.53 Å². The van der Waals surface area contributed by atoms with Crippen LogP contribution in [0.1, 0.15) is 31.9 Å². The average molecular weight is 279 g/mol. The first-order valence-corrected chi connectivity index (χ1v) is 7.06. The maximum atomic E-state index is 12.1. The van der Waals surface area contributed by atoms with Gasteiger partial charge in [-0.2, -0.15) is 0 Å². The highest BCUT2D eigenvalue weighted by atomic mass is 16.5. The average Bonchev–Trinajstić information content (AvgIpc) is 2.38. The molecular formula is C16H25NO3. The number of carbonyl (C=O) groups excluding carboxylic acids is 1. The van der Waals surface area contributed by atoms with Gasteiger partial charge in [-0.3, -0.25) is 5.32 Å². The highest BCUT2D eigenvalue weighted by molar-refractivity contribution is 5.80. The summed E-state index contributed by atoms with van der Waals surface area (Å²) in [6.45, 7) is 10.8. The molecule has 0 bridgehead atoms. The third kappa shape index (κ3) is 3.97. The molecule has 1 aromatic carbocycles. The van der Waals surface area contributed by atoms with Crippen LogP contribution in [0.4, 0.5) is 0 Å². The Morgan fingerprint density at radius 2 is 1.85 bits per heavy atom. The van der Waals surface area contributed by atoms with Gasteiger partial charge >= 0.3 is 5.97 Å². The molecule has 4 heteroatoms. The molecular weight excluding hydrogens is 254 g/mol. The molecule has 1 N–H and O–H groups in total. The minimum atomic E-state index is -0.834. The molecule has 4 nitrogen and oxygen atoms in total. The summed E-state index contributed by atoms with van der Waals surface area (Å²) in [5.74, 6) is 0.550. The third-order valence-electron chi connectivity index (χ3n) is 3.21. The quantitative estimate of drug-likeness (QED) is 0.779. The van der Waals surface area contributed by atoms with Gasteiger partial charge in [0.2, 0.25) is 0 Å². The molecule has 0 heterocycles. The van der Waals surface area contributed by atoms with Crippen molar-refractivity contribution in [3.05, 3.63) is 29.3 Å². The highest BCUT2D eigenvalue weighted by Crippen LogP contribution is 2.23. The summed E-state index contributed by atoms with van der Waals surface area (Å²) in [4.78, 5) is 12.1. The van der Waals surface area contributed by atoms with Gasteiger partial charge in [-0.1, -0.05) is 25.1 Å². The molecule has 0 spiro atoms. The van der Waals surface area contributed by atoms with Gasteiger partial charge in [-0.25, -0.2) is 4.79 Å². The second kappa shape index (κ2) is 7.29. The summed E-state index contributed by atoms with van der Waals surface area (Å²) in [5.41, 5.74) is 1.29. The molecule has 1 rings (SSSR count).